The van der Waals surface area contributed by atoms with Crippen molar-refractivity contribution in [3.8, 4) is 0 Å². The number of amides is 1. The maximum atomic E-state index is 11.6. The highest BCUT2D eigenvalue weighted by molar-refractivity contribution is 5.92. The second-order valence-corrected chi connectivity index (χ2v) is 4.54. The quantitative estimate of drug-likeness (QED) is 0.620. The number of nitrogens with one attached hydrogen (secondary N) is 2. The van der Waals surface area contributed by atoms with E-state index in [0.29, 0.717) is 5.69 Å². The maximum Gasteiger partial charge on any atom is 0.273 e. The summed E-state index contributed by atoms with van der Waals surface area (Å²) in [5.41, 5.74) is 6.12. The number of aromatic amines is 1. The third-order valence-electron chi connectivity index (χ3n) is 3.30. The number of H-pyrrole nitrogens is 1. The zero-order valence-corrected chi connectivity index (χ0v) is 8.82. The smallest absolute Gasteiger partial charge is 0.273 e. The van der Waals surface area contributed by atoms with Gasteiger partial charge in [0.1, 0.15) is 0 Å². The normalized spacial score (nSPS) is 28.2. The first-order valence-electron chi connectivity index (χ1n) is 4.94. The molecule has 1 aliphatic rings. The lowest BCUT2D eigenvalue weighted by atomic mass is 9.63. The first kappa shape index (κ1) is 10.1. The Kier molecular flexibility index (Phi) is 2.22. The summed E-state index contributed by atoms with van der Waals surface area (Å²) in [4.78, 5) is 11.6. The van der Waals surface area contributed by atoms with Crippen molar-refractivity contribution < 1.29 is 4.79 Å². The fourth-order valence-electron chi connectivity index (χ4n) is 1.75. The van der Waals surface area contributed by atoms with Crippen LogP contribution in [0.25, 0.3) is 0 Å². The van der Waals surface area contributed by atoms with E-state index in [1.165, 1.54) is 6.20 Å². The van der Waals surface area contributed by atoms with Crippen LogP contribution in [0.4, 0.5) is 0 Å². The minimum Gasteiger partial charge on any atom is -0.347 e. The van der Waals surface area contributed by atoms with Gasteiger partial charge in [-0.15, -0.1) is 0 Å². The number of nitrogens with zero attached hydrogens (tertiary/aromatic N) is 2. The molecule has 1 fully saturated rings. The van der Waals surface area contributed by atoms with E-state index in [9.17, 15) is 4.79 Å². The lowest BCUT2D eigenvalue weighted by Crippen LogP contribution is -2.64. The lowest BCUT2D eigenvalue weighted by Gasteiger charge is -2.50. The number of aromatic nitrogens is 3. The van der Waals surface area contributed by atoms with Gasteiger partial charge in [-0.2, -0.15) is 15.4 Å². The predicted molar refractivity (Wildman–Crippen MR) is 54.0 cm³/mol. The van der Waals surface area contributed by atoms with Crippen molar-refractivity contribution in [3.63, 3.8) is 0 Å². The molecule has 0 bridgehead atoms. The highest BCUT2D eigenvalue weighted by Gasteiger charge is 2.46. The maximum absolute atomic E-state index is 11.6. The van der Waals surface area contributed by atoms with Crippen molar-refractivity contribution in [2.45, 2.75) is 32.4 Å². The number of hydrogen-bond donors (Lipinski definition) is 3. The number of rotatable bonds is 2. The first-order chi connectivity index (χ1) is 7.01. The Morgan fingerprint density at radius 2 is 2.47 bits per heavy atom. The summed E-state index contributed by atoms with van der Waals surface area (Å²) < 4.78 is 0. The van der Waals surface area contributed by atoms with Crippen molar-refractivity contribution in [2.75, 3.05) is 0 Å². The van der Waals surface area contributed by atoms with Crippen molar-refractivity contribution in [2.24, 2.45) is 11.1 Å². The zero-order chi connectivity index (χ0) is 11.1. The van der Waals surface area contributed by atoms with Gasteiger partial charge in [-0.25, -0.2) is 0 Å². The third kappa shape index (κ3) is 1.61. The fourth-order valence-corrected chi connectivity index (χ4v) is 1.75. The van der Waals surface area contributed by atoms with Gasteiger partial charge in [0.25, 0.3) is 5.91 Å². The van der Waals surface area contributed by atoms with Gasteiger partial charge >= 0.3 is 0 Å². The SMILES string of the molecule is CC1(C)C(N)CC1NC(=O)c1cn[nH]n1. The van der Waals surface area contributed by atoms with Gasteiger partial charge in [-0.05, 0) is 6.42 Å². The molecule has 1 aromatic rings. The molecule has 4 N–H and O–H groups in total. The van der Waals surface area contributed by atoms with E-state index in [-0.39, 0.29) is 23.4 Å². The Balaban J connectivity index is 1.97. The van der Waals surface area contributed by atoms with E-state index in [1.807, 2.05) is 0 Å². The number of nitrogens with two attached hydrogens (primary N) is 1. The standard InChI is InChI=1S/C9H15N5O/c1-9(2)6(10)3-7(9)12-8(15)5-4-11-14-13-5/h4,6-7H,3,10H2,1-2H3,(H,12,15)(H,11,13,14). The molecule has 15 heavy (non-hydrogen) atoms. The van der Waals surface area contributed by atoms with E-state index in [1.54, 1.807) is 0 Å². The van der Waals surface area contributed by atoms with E-state index >= 15 is 0 Å². The fraction of sp³-hybridized carbons (Fsp3) is 0.667. The van der Waals surface area contributed by atoms with Crippen LogP contribution in [0.1, 0.15) is 30.8 Å². The molecule has 6 heteroatoms. The van der Waals surface area contributed by atoms with Crippen LogP contribution in [0.15, 0.2) is 6.20 Å². The van der Waals surface area contributed by atoms with Gasteiger partial charge in [-0.3, -0.25) is 4.79 Å². The molecule has 1 saturated carbocycles. The van der Waals surface area contributed by atoms with Gasteiger partial charge in [0.05, 0.1) is 6.20 Å². The monoisotopic (exact) mass is 209 g/mol. The van der Waals surface area contributed by atoms with E-state index in [0.717, 1.165) is 6.42 Å². The summed E-state index contributed by atoms with van der Waals surface area (Å²) in [7, 11) is 0. The summed E-state index contributed by atoms with van der Waals surface area (Å²) in [6, 6.07) is 0.275. The molecule has 1 amide bonds. The molecule has 82 valence electrons. The number of carbonyl (C=O) groups is 1. The van der Waals surface area contributed by atoms with Gasteiger partial charge in [0, 0.05) is 17.5 Å². The number of carbonyl (C=O) groups excluding carboxylic acids is 1. The topological polar surface area (TPSA) is 96.7 Å². The Morgan fingerprint density at radius 3 is 2.93 bits per heavy atom. The minimum atomic E-state index is -0.200. The minimum absolute atomic E-state index is 0.0423. The Hall–Kier alpha value is -1.43. The first-order valence-corrected chi connectivity index (χ1v) is 4.94. The summed E-state index contributed by atoms with van der Waals surface area (Å²) in [5.74, 6) is -0.200. The van der Waals surface area contributed by atoms with Crippen LogP contribution in [-0.4, -0.2) is 33.4 Å². The summed E-state index contributed by atoms with van der Waals surface area (Å²) in [6.07, 6.45) is 2.22. The lowest BCUT2D eigenvalue weighted by molar-refractivity contribution is 0.0583. The molecule has 2 atom stereocenters. The van der Waals surface area contributed by atoms with Crippen LogP contribution >= 0.6 is 0 Å². The van der Waals surface area contributed by atoms with Gasteiger partial charge in [-0.1, -0.05) is 13.8 Å². The van der Waals surface area contributed by atoms with E-state index in [4.69, 9.17) is 5.73 Å². The molecule has 6 nitrogen and oxygen atoms in total. The highest BCUT2D eigenvalue weighted by Crippen LogP contribution is 2.38. The molecular weight excluding hydrogens is 194 g/mol. The molecule has 2 rings (SSSR count). The molecule has 0 aliphatic heterocycles. The average Bonchev–Trinajstić information content (AvgIpc) is 2.70. The summed E-state index contributed by atoms with van der Waals surface area (Å²) >= 11 is 0. The molecule has 0 radical (unpaired) electrons. The molecule has 1 aliphatic carbocycles. The summed E-state index contributed by atoms with van der Waals surface area (Å²) in [5, 5.41) is 12.6. The van der Waals surface area contributed by atoms with Crippen LogP contribution < -0.4 is 11.1 Å². The average molecular weight is 209 g/mol. The van der Waals surface area contributed by atoms with Crippen molar-refractivity contribution >= 4 is 5.91 Å². The van der Waals surface area contributed by atoms with Crippen LogP contribution in [-0.2, 0) is 0 Å². The summed E-state index contributed by atoms with van der Waals surface area (Å²) in [6.45, 7) is 4.10. The Morgan fingerprint density at radius 1 is 1.73 bits per heavy atom. The van der Waals surface area contributed by atoms with Gasteiger partial charge in [0.2, 0.25) is 0 Å². The van der Waals surface area contributed by atoms with E-state index in [2.05, 4.69) is 34.6 Å². The molecule has 0 saturated heterocycles. The predicted octanol–water partition coefficient (Wildman–Crippen LogP) is -0.340. The van der Waals surface area contributed by atoms with Crippen LogP contribution in [0.3, 0.4) is 0 Å². The van der Waals surface area contributed by atoms with Crippen molar-refractivity contribution in [1.29, 1.82) is 0 Å². The van der Waals surface area contributed by atoms with Crippen LogP contribution in [0.2, 0.25) is 0 Å². The third-order valence-corrected chi connectivity index (χ3v) is 3.30. The Bertz CT molecular complexity index is 359. The van der Waals surface area contributed by atoms with Crippen LogP contribution in [0, 0.1) is 5.41 Å². The van der Waals surface area contributed by atoms with Crippen molar-refractivity contribution in [3.05, 3.63) is 11.9 Å². The van der Waals surface area contributed by atoms with Gasteiger partial charge in [0.15, 0.2) is 5.69 Å². The van der Waals surface area contributed by atoms with Crippen molar-refractivity contribution in [1.82, 2.24) is 20.7 Å². The second-order valence-electron chi connectivity index (χ2n) is 4.54. The van der Waals surface area contributed by atoms with E-state index < -0.39 is 0 Å². The highest BCUT2D eigenvalue weighted by atomic mass is 16.2. The zero-order valence-electron chi connectivity index (χ0n) is 8.82. The molecule has 2 unspecified atom stereocenters. The largest absolute Gasteiger partial charge is 0.347 e. The number of hydrogen-bond acceptors (Lipinski definition) is 4. The molecule has 0 aromatic carbocycles. The molecule has 0 spiro atoms. The van der Waals surface area contributed by atoms with Crippen LogP contribution in [0.5, 0.6) is 0 Å². The Labute approximate surface area is 87.6 Å². The molecule has 1 aromatic heterocycles. The molecule has 1 heterocycles. The second kappa shape index (κ2) is 3.30. The van der Waals surface area contributed by atoms with Gasteiger partial charge < -0.3 is 11.1 Å². The molecular formula is C9H15N5O.